The van der Waals surface area contributed by atoms with Crippen molar-refractivity contribution in [3.05, 3.63) is 35.7 Å². The van der Waals surface area contributed by atoms with Crippen LogP contribution < -0.4 is 9.47 Å². The normalized spacial score (nSPS) is 16.1. The average molecular weight is 454 g/mol. The highest BCUT2D eigenvalue weighted by Gasteiger charge is 2.38. The van der Waals surface area contributed by atoms with E-state index in [-0.39, 0.29) is 42.9 Å². The molecular formula is C18H20FN5O4S2. The lowest BCUT2D eigenvalue weighted by molar-refractivity contribution is -0.135. The van der Waals surface area contributed by atoms with Gasteiger partial charge in [0.25, 0.3) is 0 Å². The molecule has 1 saturated heterocycles. The lowest BCUT2D eigenvalue weighted by Gasteiger charge is -2.18. The molecule has 0 spiro atoms. The number of carbonyl (C=O) groups is 2. The molecule has 0 radical (unpaired) electrons. The first-order chi connectivity index (χ1) is 14.3. The van der Waals surface area contributed by atoms with Crippen LogP contribution in [0.1, 0.15) is 11.4 Å². The molecule has 0 aliphatic carbocycles. The van der Waals surface area contributed by atoms with Gasteiger partial charge in [0, 0.05) is 14.1 Å². The fourth-order valence-electron chi connectivity index (χ4n) is 2.73. The summed E-state index contributed by atoms with van der Waals surface area (Å²) in [4.78, 5) is 31.2. The summed E-state index contributed by atoms with van der Waals surface area (Å²) in [5.41, 5.74) is 0.547. The Bertz CT molecular complexity index is 954. The maximum atomic E-state index is 14.7. The number of carbonyl (C=O) groups excluding carboxylic acids is 2. The number of H-pyrrole nitrogens is 1. The molecule has 1 N–H and O–H groups in total. The van der Waals surface area contributed by atoms with E-state index in [2.05, 4.69) is 15.2 Å². The second-order valence-electron chi connectivity index (χ2n) is 6.62. The number of aromatic nitrogens is 3. The zero-order chi connectivity index (χ0) is 21.8. The van der Waals surface area contributed by atoms with E-state index in [4.69, 9.17) is 21.7 Å². The number of amides is 2. The summed E-state index contributed by atoms with van der Waals surface area (Å²) < 4.78 is 25.7. The van der Waals surface area contributed by atoms with Gasteiger partial charge >= 0.3 is 0 Å². The minimum absolute atomic E-state index is 0.00722. The molecule has 2 heterocycles. The largest absolute Gasteiger partial charge is 0.493 e. The lowest BCUT2D eigenvalue weighted by Crippen LogP contribution is -2.40. The number of thiocarbonyl (C=S) groups is 1. The van der Waals surface area contributed by atoms with E-state index in [0.29, 0.717) is 15.7 Å². The number of hydrogen-bond donors (Lipinski definition) is 1. The molecule has 1 aliphatic rings. The van der Waals surface area contributed by atoms with Gasteiger partial charge in [-0.1, -0.05) is 24.0 Å². The maximum Gasteiger partial charge on any atom is 0.242 e. The molecule has 1 aliphatic heterocycles. The molecule has 1 fully saturated rings. The fraction of sp³-hybridized carbons (Fsp3) is 0.389. The Morgan fingerprint density at radius 2 is 2.20 bits per heavy atom. The van der Waals surface area contributed by atoms with E-state index >= 15 is 0 Å². The monoisotopic (exact) mass is 453 g/mol. The summed E-state index contributed by atoms with van der Waals surface area (Å²) in [7, 11) is 4.62. The van der Waals surface area contributed by atoms with Crippen LogP contribution in [0.25, 0.3) is 0 Å². The molecule has 3 rings (SSSR count). The van der Waals surface area contributed by atoms with Crippen molar-refractivity contribution in [2.45, 2.75) is 18.3 Å². The van der Waals surface area contributed by atoms with Crippen LogP contribution >= 0.6 is 24.0 Å². The first-order valence-electron chi connectivity index (χ1n) is 8.85. The van der Waals surface area contributed by atoms with Gasteiger partial charge in [0.05, 0.1) is 12.4 Å². The summed E-state index contributed by atoms with van der Waals surface area (Å²) in [5.74, 6) is -0.548. The number of rotatable bonds is 8. The highest BCUT2D eigenvalue weighted by molar-refractivity contribution is 8.24. The summed E-state index contributed by atoms with van der Waals surface area (Å²) in [6, 6.07) is 2.91. The quantitative estimate of drug-likeness (QED) is 0.599. The standard InChI is InChI=1S/C18H20FN5O4S2/c1-23(2)15(25)7-24-17(26)13(30-18(24)29)6-10-4-11(19)16(12(5-10)27-3)28-8-14-20-9-21-22-14/h4-5,9,13H,6-8H2,1-3H3,(H,20,21,22). The minimum Gasteiger partial charge on any atom is -0.493 e. The van der Waals surface area contributed by atoms with E-state index < -0.39 is 11.1 Å². The minimum atomic E-state index is -0.624. The van der Waals surface area contributed by atoms with E-state index in [1.807, 2.05) is 0 Å². The smallest absolute Gasteiger partial charge is 0.242 e. The first kappa shape index (κ1) is 22.0. The molecule has 0 saturated carbocycles. The predicted octanol–water partition coefficient (Wildman–Crippen LogP) is 1.39. The maximum absolute atomic E-state index is 14.7. The number of halogens is 1. The lowest BCUT2D eigenvalue weighted by atomic mass is 10.1. The fourth-order valence-corrected chi connectivity index (χ4v) is 4.27. The Labute approximate surface area is 181 Å². The number of likely N-dealkylation sites (N-methyl/N-ethyl adjacent to an activating group) is 1. The highest BCUT2D eigenvalue weighted by Crippen LogP contribution is 2.35. The SMILES string of the molecule is COc1cc(CC2SC(=S)N(CC(=O)N(C)C)C2=O)cc(F)c1OCc1ncn[nH]1. The topological polar surface area (TPSA) is 101 Å². The third-order valence-electron chi connectivity index (χ3n) is 4.33. The van der Waals surface area contributed by atoms with Crippen molar-refractivity contribution in [2.75, 3.05) is 27.7 Å². The number of hydrogen-bond acceptors (Lipinski definition) is 8. The van der Waals surface area contributed by atoms with Crippen LogP contribution in [0.3, 0.4) is 0 Å². The second kappa shape index (κ2) is 9.39. The van der Waals surface area contributed by atoms with Gasteiger partial charge in [0.1, 0.15) is 23.8 Å². The number of thioether (sulfide) groups is 1. The Balaban J connectivity index is 1.72. The van der Waals surface area contributed by atoms with Crippen molar-refractivity contribution in [1.29, 1.82) is 0 Å². The highest BCUT2D eigenvalue weighted by atomic mass is 32.2. The van der Waals surface area contributed by atoms with Gasteiger partial charge in [0.15, 0.2) is 23.1 Å². The number of aromatic amines is 1. The molecule has 0 bridgehead atoms. The zero-order valence-corrected chi connectivity index (χ0v) is 18.2. The Hall–Kier alpha value is -2.73. The molecule has 160 valence electrons. The van der Waals surface area contributed by atoms with Crippen LogP contribution in [-0.4, -0.2) is 74.1 Å². The second-order valence-corrected chi connectivity index (χ2v) is 8.46. The summed E-state index contributed by atoms with van der Waals surface area (Å²) in [6.07, 6.45) is 1.55. The Kier molecular flexibility index (Phi) is 6.87. The molecule has 9 nitrogen and oxygen atoms in total. The summed E-state index contributed by atoms with van der Waals surface area (Å²) >= 11 is 6.43. The van der Waals surface area contributed by atoms with Gasteiger partial charge in [-0.15, -0.1) is 0 Å². The summed E-state index contributed by atoms with van der Waals surface area (Å²) in [5, 5.41) is 5.78. The predicted molar refractivity (Wildman–Crippen MR) is 112 cm³/mol. The molecule has 1 atom stereocenters. The van der Waals surface area contributed by atoms with Crippen molar-refractivity contribution in [2.24, 2.45) is 0 Å². The van der Waals surface area contributed by atoms with Gasteiger partial charge in [-0.25, -0.2) is 9.37 Å². The van der Waals surface area contributed by atoms with E-state index in [9.17, 15) is 14.0 Å². The Morgan fingerprint density at radius 1 is 1.43 bits per heavy atom. The third-order valence-corrected chi connectivity index (χ3v) is 5.91. The number of methoxy groups -OCH3 is 1. The van der Waals surface area contributed by atoms with Crippen LogP contribution in [0.2, 0.25) is 0 Å². The Morgan fingerprint density at radius 3 is 2.83 bits per heavy atom. The van der Waals surface area contributed by atoms with Gasteiger partial charge in [0.2, 0.25) is 11.8 Å². The number of nitrogens with one attached hydrogen (secondary N) is 1. The molecule has 12 heteroatoms. The molecule has 1 unspecified atom stereocenters. The molecule has 1 aromatic heterocycles. The van der Waals surface area contributed by atoms with Crippen LogP contribution in [0.5, 0.6) is 11.5 Å². The van der Waals surface area contributed by atoms with Crippen molar-refractivity contribution in [3.63, 3.8) is 0 Å². The van der Waals surface area contributed by atoms with Crippen molar-refractivity contribution in [1.82, 2.24) is 25.0 Å². The van der Waals surface area contributed by atoms with Gasteiger partial charge in [-0.2, -0.15) is 5.10 Å². The van der Waals surface area contributed by atoms with Crippen molar-refractivity contribution < 1.29 is 23.5 Å². The molecular weight excluding hydrogens is 433 g/mol. The first-order valence-corrected chi connectivity index (χ1v) is 10.1. The van der Waals surface area contributed by atoms with Crippen molar-refractivity contribution in [3.8, 4) is 11.5 Å². The molecule has 2 amide bonds. The van der Waals surface area contributed by atoms with E-state index in [1.165, 1.54) is 41.1 Å². The zero-order valence-electron chi connectivity index (χ0n) is 16.5. The van der Waals surface area contributed by atoms with E-state index in [0.717, 1.165) is 0 Å². The van der Waals surface area contributed by atoms with Gasteiger partial charge in [-0.3, -0.25) is 19.6 Å². The number of benzene rings is 1. The molecule has 2 aromatic rings. The molecule has 30 heavy (non-hydrogen) atoms. The van der Waals surface area contributed by atoms with Crippen LogP contribution in [0.15, 0.2) is 18.5 Å². The third kappa shape index (κ3) is 4.87. The van der Waals surface area contributed by atoms with Crippen LogP contribution in [-0.2, 0) is 22.6 Å². The number of nitrogens with zero attached hydrogens (tertiary/aromatic N) is 4. The van der Waals surface area contributed by atoms with Gasteiger partial charge < -0.3 is 14.4 Å². The number of ether oxygens (including phenoxy) is 2. The molecule has 1 aromatic carbocycles. The summed E-state index contributed by atoms with van der Waals surface area (Å²) in [6.45, 7) is -0.118. The van der Waals surface area contributed by atoms with E-state index in [1.54, 1.807) is 20.2 Å². The van der Waals surface area contributed by atoms with Crippen molar-refractivity contribution >= 4 is 40.1 Å². The average Bonchev–Trinajstić information content (AvgIpc) is 3.30. The van der Waals surface area contributed by atoms with Crippen LogP contribution in [0, 0.1) is 5.82 Å². The van der Waals surface area contributed by atoms with Crippen LogP contribution in [0.4, 0.5) is 4.39 Å². The van der Waals surface area contributed by atoms with Gasteiger partial charge in [-0.05, 0) is 24.1 Å².